The van der Waals surface area contributed by atoms with Crippen LogP contribution in [0.4, 0.5) is 11.4 Å². The number of hydrogen-bond donors (Lipinski definition) is 2. The molecule has 0 aromatic heterocycles. The topological polar surface area (TPSA) is 72.2 Å². The highest BCUT2D eigenvalue weighted by atomic mass is 32.2. The van der Waals surface area contributed by atoms with Crippen LogP contribution in [0.15, 0.2) is 18.2 Å². The molecule has 94 valence electrons. The summed E-state index contributed by atoms with van der Waals surface area (Å²) in [5.74, 6) is 0.512. The van der Waals surface area contributed by atoms with E-state index >= 15 is 0 Å². The van der Waals surface area contributed by atoms with Crippen LogP contribution in [0.1, 0.15) is 24.2 Å². The van der Waals surface area contributed by atoms with Gasteiger partial charge in [0.2, 0.25) is 0 Å². The minimum absolute atomic E-state index is 0.0575. The maximum atomic E-state index is 11.3. The Bertz CT molecular complexity index is 446. The van der Waals surface area contributed by atoms with Crippen molar-refractivity contribution in [3.05, 3.63) is 23.8 Å². The zero-order chi connectivity index (χ0) is 13.0. The second-order valence-electron chi connectivity index (χ2n) is 4.14. The Labute approximate surface area is 104 Å². The van der Waals surface area contributed by atoms with Crippen molar-refractivity contribution in [2.45, 2.75) is 19.9 Å². The molecule has 1 rings (SSSR count). The summed E-state index contributed by atoms with van der Waals surface area (Å²) in [6, 6.07) is 5.34. The van der Waals surface area contributed by atoms with E-state index in [9.17, 15) is 9.00 Å². The van der Waals surface area contributed by atoms with Crippen LogP contribution in [0.5, 0.6) is 0 Å². The van der Waals surface area contributed by atoms with Gasteiger partial charge in [0.15, 0.2) is 5.78 Å². The molecule has 0 fully saturated rings. The van der Waals surface area contributed by atoms with Crippen molar-refractivity contribution in [2.75, 3.05) is 23.1 Å². The minimum atomic E-state index is -0.842. The highest BCUT2D eigenvalue weighted by Gasteiger charge is 2.08. The van der Waals surface area contributed by atoms with Crippen LogP contribution in [-0.2, 0) is 10.8 Å². The van der Waals surface area contributed by atoms with Gasteiger partial charge in [-0.15, -0.1) is 0 Å². The van der Waals surface area contributed by atoms with Crippen molar-refractivity contribution in [3.63, 3.8) is 0 Å². The first-order valence-electron chi connectivity index (χ1n) is 5.37. The molecule has 0 saturated carbocycles. The zero-order valence-corrected chi connectivity index (χ0v) is 11.1. The standard InChI is InChI=1S/C12H18N2O2S/c1-8(7-17(3)16)14-10-4-5-12(13)11(6-10)9(2)15/h4-6,8,14H,7,13H2,1-3H3. The summed E-state index contributed by atoms with van der Waals surface area (Å²) in [6.45, 7) is 3.44. The summed E-state index contributed by atoms with van der Waals surface area (Å²) < 4.78 is 11.1. The summed E-state index contributed by atoms with van der Waals surface area (Å²) in [7, 11) is -0.842. The van der Waals surface area contributed by atoms with Gasteiger partial charge in [-0.3, -0.25) is 9.00 Å². The summed E-state index contributed by atoms with van der Waals surface area (Å²) in [6.07, 6.45) is 1.67. The predicted octanol–water partition coefficient (Wildman–Crippen LogP) is 1.65. The fourth-order valence-electron chi connectivity index (χ4n) is 1.63. The van der Waals surface area contributed by atoms with Gasteiger partial charge in [0.25, 0.3) is 0 Å². The minimum Gasteiger partial charge on any atom is -0.398 e. The smallest absolute Gasteiger partial charge is 0.161 e. The average molecular weight is 254 g/mol. The zero-order valence-electron chi connectivity index (χ0n) is 10.3. The number of carbonyl (C=O) groups is 1. The third kappa shape index (κ3) is 4.19. The second kappa shape index (κ2) is 5.82. The van der Waals surface area contributed by atoms with E-state index < -0.39 is 10.8 Å². The molecule has 0 aliphatic carbocycles. The lowest BCUT2D eigenvalue weighted by Crippen LogP contribution is -2.22. The first kappa shape index (κ1) is 13.7. The fourth-order valence-corrected chi connectivity index (χ4v) is 2.42. The van der Waals surface area contributed by atoms with Crippen LogP contribution in [0.25, 0.3) is 0 Å². The van der Waals surface area contributed by atoms with Crippen molar-refractivity contribution < 1.29 is 9.00 Å². The molecule has 2 atom stereocenters. The van der Waals surface area contributed by atoms with E-state index in [1.54, 1.807) is 18.4 Å². The van der Waals surface area contributed by atoms with Gasteiger partial charge < -0.3 is 11.1 Å². The summed E-state index contributed by atoms with van der Waals surface area (Å²) >= 11 is 0. The molecule has 17 heavy (non-hydrogen) atoms. The van der Waals surface area contributed by atoms with Crippen LogP contribution in [0, 0.1) is 0 Å². The van der Waals surface area contributed by atoms with E-state index in [1.807, 2.05) is 13.0 Å². The number of anilines is 2. The number of ketones is 1. The van der Waals surface area contributed by atoms with Crippen molar-refractivity contribution in [1.82, 2.24) is 0 Å². The maximum absolute atomic E-state index is 11.3. The largest absolute Gasteiger partial charge is 0.398 e. The van der Waals surface area contributed by atoms with Crippen LogP contribution in [0.3, 0.4) is 0 Å². The lowest BCUT2D eigenvalue weighted by molar-refractivity contribution is 0.101. The normalized spacial score (nSPS) is 14.1. The van der Waals surface area contributed by atoms with Crippen LogP contribution in [-0.4, -0.2) is 28.0 Å². The van der Waals surface area contributed by atoms with E-state index in [1.165, 1.54) is 6.92 Å². The third-order valence-electron chi connectivity index (χ3n) is 2.33. The number of benzene rings is 1. The van der Waals surface area contributed by atoms with Crippen molar-refractivity contribution in [3.8, 4) is 0 Å². The van der Waals surface area contributed by atoms with E-state index in [-0.39, 0.29) is 11.8 Å². The number of hydrogen-bond acceptors (Lipinski definition) is 4. The Morgan fingerprint density at radius 2 is 2.18 bits per heavy atom. The van der Waals surface area contributed by atoms with Crippen LogP contribution in [0.2, 0.25) is 0 Å². The maximum Gasteiger partial charge on any atom is 0.161 e. The van der Waals surface area contributed by atoms with Gasteiger partial charge in [-0.05, 0) is 32.0 Å². The van der Waals surface area contributed by atoms with E-state index in [0.29, 0.717) is 17.0 Å². The molecule has 0 heterocycles. The molecule has 0 aliphatic rings. The third-order valence-corrected chi connectivity index (χ3v) is 3.30. The molecule has 5 heteroatoms. The Hall–Kier alpha value is -1.36. The molecule has 0 aliphatic heterocycles. The van der Waals surface area contributed by atoms with Crippen LogP contribution >= 0.6 is 0 Å². The lowest BCUT2D eigenvalue weighted by Gasteiger charge is -2.15. The lowest BCUT2D eigenvalue weighted by atomic mass is 10.1. The molecule has 1 aromatic carbocycles. The predicted molar refractivity (Wildman–Crippen MR) is 72.9 cm³/mol. The summed E-state index contributed by atoms with van der Waals surface area (Å²) in [5.41, 5.74) is 7.52. The molecule has 3 N–H and O–H groups in total. The average Bonchev–Trinajstić information content (AvgIpc) is 2.19. The van der Waals surface area contributed by atoms with Gasteiger partial charge in [0.1, 0.15) is 0 Å². The number of nitrogen functional groups attached to an aromatic ring is 1. The molecular weight excluding hydrogens is 236 g/mol. The highest BCUT2D eigenvalue weighted by Crippen LogP contribution is 2.19. The van der Waals surface area contributed by atoms with Gasteiger partial charge in [-0.2, -0.15) is 0 Å². The van der Waals surface area contributed by atoms with E-state index in [4.69, 9.17) is 5.73 Å². The second-order valence-corrected chi connectivity index (χ2v) is 5.62. The quantitative estimate of drug-likeness (QED) is 0.619. The van der Waals surface area contributed by atoms with E-state index in [0.717, 1.165) is 5.69 Å². The molecule has 0 bridgehead atoms. The highest BCUT2D eigenvalue weighted by molar-refractivity contribution is 7.84. The number of nitrogens with one attached hydrogen (secondary N) is 1. The summed E-state index contributed by atoms with van der Waals surface area (Å²) in [5, 5.41) is 3.19. The summed E-state index contributed by atoms with van der Waals surface area (Å²) in [4.78, 5) is 11.3. The van der Waals surface area contributed by atoms with E-state index in [2.05, 4.69) is 5.32 Å². The van der Waals surface area contributed by atoms with Gasteiger partial charge in [-0.1, -0.05) is 0 Å². The Morgan fingerprint density at radius 3 is 2.71 bits per heavy atom. The number of Topliss-reactive ketones (excluding diaryl/α,β-unsaturated/α-hetero) is 1. The molecule has 2 unspecified atom stereocenters. The number of carbonyl (C=O) groups excluding carboxylic acids is 1. The van der Waals surface area contributed by atoms with Crippen molar-refractivity contribution in [1.29, 1.82) is 0 Å². The monoisotopic (exact) mass is 254 g/mol. The molecule has 0 saturated heterocycles. The SMILES string of the molecule is CC(=O)c1cc(NC(C)CS(C)=O)ccc1N. The first-order chi connectivity index (χ1) is 7.90. The van der Waals surface area contributed by atoms with Gasteiger partial charge in [-0.25, -0.2) is 0 Å². The Morgan fingerprint density at radius 1 is 1.53 bits per heavy atom. The molecule has 0 amide bonds. The van der Waals surface area contributed by atoms with Crippen LogP contribution < -0.4 is 11.1 Å². The van der Waals surface area contributed by atoms with Gasteiger partial charge >= 0.3 is 0 Å². The Balaban J connectivity index is 2.82. The molecule has 1 aromatic rings. The van der Waals surface area contributed by atoms with Gasteiger partial charge in [0.05, 0.1) is 0 Å². The molecule has 0 spiro atoms. The van der Waals surface area contributed by atoms with Gasteiger partial charge in [0, 0.05) is 45.8 Å². The first-order valence-corrected chi connectivity index (χ1v) is 7.10. The van der Waals surface area contributed by atoms with Crippen molar-refractivity contribution in [2.24, 2.45) is 0 Å². The molecule has 4 nitrogen and oxygen atoms in total. The number of rotatable bonds is 5. The fraction of sp³-hybridized carbons (Fsp3) is 0.417. The molecule has 0 radical (unpaired) electrons. The Kier molecular flexibility index (Phi) is 4.69. The van der Waals surface area contributed by atoms with Crippen molar-refractivity contribution >= 4 is 28.0 Å². The molecular formula is C12H18N2O2S. The number of nitrogens with two attached hydrogens (primary N) is 1.